The van der Waals surface area contributed by atoms with E-state index < -0.39 is 23.5 Å². The van der Waals surface area contributed by atoms with E-state index in [1.54, 1.807) is 31.4 Å². The van der Waals surface area contributed by atoms with Crippen LogP contribution in [0, 0.1) is 5.92 Å². The standard InChI is InChI=1S/C16H14O5/c1-10-8-14(18)15(16(19)21-10)13(17)7-6-11-4-3-5-12(9-11)20-2/h3-9,15H,1-2H3/b7-6+/t15-/m0/s1. The van der Waals surface area contributed by atoms with Crippen molar-refractivity contribution in [1.82, 2.24) is 0 Å². The first-order valence-electron chi connectivity index (χ1n) is 6.31. The Labute approximate surface area is 121 Å². The highest BCUT2D eigenvalue weighted by molar-refractivity contribution is 6.25. The molecule has 108 valence electrons. The highest BCUT2D eigenvalue weighted by Crippen LogP contribution is 2.18. The van der Waals surface area contributed by atoms with Gasteiger partial charge in [-0.3, -0.25) is 14.4 Å². The van der Waals surface area contributed by atoms with Gasteiger partial charge >= 0.3 is 5.97 Å². The van der Waals surface area contributed by atoms with Gasteiger partial charge in [-0.1, -0.05) is 18.2 Å². The lowest BCUT2D eigenvalue weighted by Crippen LogP contribution is -2.34. The third-order valence-electron chi connectivity index (χ3n) is 2.95. The molecule has 5 heteroatoms. The molecule has 0 bridgehead atoms. The van der Waals surface area contributed by atoms with Gasteiger partial charge < -0.3 is 9.47 Å². The van der Waals surface area contributed by atoms with Crippen LogP contribution in [0.25, 0.3) is 6.08 Å². The van der Waals surface area contributed by atoms with Crippen molar-refractivity contribution >= 4 is 23.6 Å². The van der Waals surface area contributed by atoms with Crippen molar-refractivity contribution in [1.29, 1.82) is 0 Å². The average molecular weight is 286 g/mol. The first kappa shape index (κ1) is 14.7. The zero-order valence-corrected chi connectivity index (χ0v) is 11.7. The zero-order chi connectivity index (χ0) is 15.4. The van der Waals surface area contributed by atoms with E-state index in [-0.39, 0.29) is 5.76 Å². The van der Waals surface area contributed by atoms with Crippen LogP contribution < -0.4 is 4.74 Å². The summed E-state index contributed by atoms with van der Waals surface area (Å²) in [4.78, 5) is 35.3. The van der Waals surface area contributed by atoms with Gasteiger partial charge in [-0.15, -0.1) is 0 Å². The number of allylic oxidation sites excluding steroid dienone is 3. The molecule has 0 radical (unpaired) electrons. The second-order valence-electron chi connectivity index (χ2n) is 4.52. The van der Waals surface area contributed by atoms with E-state index in [1.165, 1.54) is 19.1 Å². The van der Waals surface area contributed by atoms with E-state index in [4.69, 9.17) is 9.47 Å². The van der Waals surface area contributed by atoms with E-state index in [2.05, 4.69) is 0 Å². The molecular weight excluding hydrogens is 272 g/mol. The topological polar surface area (TPSA) is 69.7 Å². The molecule has 5 nitrogen and oxygen atoms in total. The van der Waals surface area contributed by atoms with E-state index in [0.717, 1.165) is 11.6 Å². The molecule has 0 fully saturated rings. The van der Waals surface area contributed by atoms with E-state index >= 15 is 0 Å². The first-order chi connectivity index (χ1) is 10.0. The number of cyclic esters (lactones) is 1. The van der Waals surface area contributed by atoms with Crippen molar-refractivity contribution in [2.75, 3.05) is 7.11 Å². The lowest BCUT2D eigenvalue weighted by Gasteiger charge is -2.15. The summed E-state index contributed by atoms with van der Waals surface area (Å²) in [6, 6.07) is 7.05. The van der Waals surface area contributed by atoms with Crippen molar-refractivity contribution in [2.24, 2.45) is 5.92 Å². The van der Waals surface area contributed by atoms with Gasteiger partial charge in [0, 0.05) is 6.08 Å². The van der Waals surface area contributed by atoms with E-state index in [9.17, 15) is 14.4 Å². The Morgan fingerprint density at radius 2 is 2.10 bits per heavy atom. The third kappa shape index (κ3) is 3.45. The fraction of sp³-hybridized carbons (Fsp3) is 0.188. The van der Waals surface area contributed by atoms with Gasteiger partial charge in [0.2, 0.25) is 0 Å². The van der Waals surface area contributed by atoms with Crippen LogP contribution in [0.5, 0.6) is 5.75 Å². The highest BCUT2D eigenvalue weighted by atomic mass is 16.5. The van der Waals surface area contributed by atoms with Gasteiger partial charge in [-0.05, 0) is 30.7 Å². The van der Waals surface area contributed by atoms with Crippen LogP contribution in [0.2, 0.25) is 0 Å². The number of carbonyl (C=O) groups is 3. The largest absolute Gasteiger partial charge is 0.497 e. The summed E-state index contributed by atoms with van der Waals surface area (Å²) in [5.41, 5.74) is 0.728. The van der Waals surface area contributed by atoms with Crippen molar-refractivity contribution in [3.05, 3.63) is 47.7 Å². The van der Waals surface area contributed by atoms with Crippen LogP contribution in [-0.4, -0.2) is 24.6 Å². The van der Waals surface area contributed by atoms with Gasteiger partial charge in [-0.2, -0.15) is 0 Å². The van der Waals surface area contributed by atoms with E-state index in [1.807, 2.05) is 0 Å². The zero-order valence-electron chi connectivity index (χ0n) is 11.7. The number of esters is 1. The van der Waals surface area contributed by atoms with Crippen molar-refractivity contribution in [3.63, 3.8) is 0 Å². The predicted molar refractivity (Wildman–Crippen MR) is 75.4 cm³/mol. The molecule has 1 aliphatic heterocycles. The quantitative estimate of drug-likeness (QED) is 0.480. The highest BCUT2D eigenvalue weighted by Gasteiger charge is 2.36. The van der Waals surface area contributed by atoms with Crippen LogP contribution in [-0.2, 0) is 19.1 Å². The molecule has 1 aliphatic rings. The molecule has 0 aliphatic carbocycles. The van der Waals surface area contributed by atoms with Crippen LogP contribution in [0.1, 0.15) is 12.5 Å². The molecule has 0 saturated heterocycles. The SMILES string of the molecule is COc1cccc(/C=C/C(=O)[C@H]2C(=O)C=C(C)OC2=O)c1. The number of ketones is 2. The normalized spacial score (nSPS) is 18.4. The summed E-state index contributed by atoms with van der Waals surface area (Å²) in [5, 5.41) is 0. The minimum absolute atomic E-state index is 0.200. The van der Waals surface area contributed by atoms with Gasteiger partial charge in [0.05, 0.1) is 7.11 Å². The lowest BCUT2D eigenvalue weighted by molar-refractivity contribution is -0.151. The number of ether oxygens (including phenoxy) is 2. The number of carbonyl (C=O) groups excluding carboxylic acids is 3. The van der Waals surface area contributed by atoms with Crippen molar-refractivity contribution < 1.29 is 23.9 Å². The Morgan fingerprint density at radius 1 is 1.33 bits per heavy atom. The summed E-state index contributed by atoms with van der Waals surface area (Å²) in [6.45, 7) is 1.49. The summed E-state index contributed by atoms with van der Waals surface area (Å²) in [5.74, 6) is -2.54. The molecule has 1 aromatic rings. The molecule has 1 heterocycles. The Balaban J connectivity index is 2.15. The number of hydrogen-bond donors (Lipinski definition) is 0. The minimum Gasteiger partial charge on any atom is -0.497 e. The molecule has 0 N–H and O–H groups in total. The summed E-state index contributed by atoms with van der Waals surface area (Å²) in [6.07, 6.45) is 3.88. The van der Waals surface area contributed by atoms with Gasteiger partial charge in [0.15, 0.2) is 17.5 Å². The molecule has 0 aromatic heterocycles. The monoisotopic (exact) mass is 286 g/mol. The van der Waals surface area contributed by atoms with Crippen LogP contribution in [0.3, 0.4) is 0 Å². The summed E-state index contributed by atoms with van der Waals surface area (Å²) < 4.78 is 9.87. The maximum Gasteiger partial charge on any atom is 0.329 e. The lowest BCUT2D eigenvalue weighted by atomic mass is 9.96. The second-order valence-corrected chi connectivity index (χ2v) is 4.52. The fourth-order valence-electron chi connectivity index (χ4n) is 1.92. The van der Waals surface area contributed by atoms with E-state index in [0.29, 0.717) is 5.75 Å². The van der Waals surface area contributed by atoms with Crippen LogP contribution in [0.15, 0.2) is 42.2 Å². The maximum absolute atomic E-state index is 12.0. The minimum atomic E-state index is -1.41. The second kappa shape index (κ2) is 6.17. The van der Waals surface area contributed by atoms with Crippen molar-refractivity contribution in [3.8, 4) is 5.75 Å². The molecule has 1 atom stereocenters. The Kier molecular flexibility index (Phi) is 4.33. The Bertz CT molecular complexity index is 654. The Hall–Kier alpha value is -2.69. The molecule has 0 amide bonds. The average Bonchev–Trinajstić information content (AvgIpc) is 2.44. The molecule has 2 rings (SSSR count). The molecule has 1 aromatic carbocycles. The number of hydrogen-bond acceptors (Lipinski definition) is 5. The first-order valence-corrected chi connectivity index (χ1v) is 6.31. The summed E-state index contributed by atoms with van der Waals surface area (Å²) in [7, 11) is 1.54. The number of benzene rings is 1. The molecule has 0 spiro atoms. The summed E-state index contributed by atoms with van der Waals surface area (Å²) >= 11 is 0. The fourth-order valence-corrected chi connectivity index (χ4v) is 1.92. The Morgan fingerprint density at radius 3 is 2.76 bits per heavy atom. The molecular formula is C16H14O5. The van der Waals surface area contributed by atoms with Gasteiger partial charge in [0.25, 0.3) is 0 Å². The maximum atomic E-state index is 12.0. The van der Waals surface area contributed by atoms with Gasteiger partial charge in [0.1, 0.15) is 11.5 Å². The number of rotatable bonds is 4. The smallest absolute Gasteiger partial charge is 0.329 e. The molecule has 21 heavy (non-hydrogen) atoms. The van der Waals surface area contributed by atoms with Crippen LogP contribution >= 0.6 is 0 Å². The van der Waals surface area contributed by atoms with Gasteiger partial charge in [-0.25, -0.2) is 0 Å². The van der Waals surface area contributed by atoms with Crippen molar-refractivity contribution in [2.45, 2.75) is 6.92 Å². The third-order valence-corrected chi connectivity index (χ3v) is 2.95. The molecule has 0 unspecified atom stereocenters. The predicted octanol–water partition coefficient (Wildman–Crippen LogP) is 1.92. The molecule has 0 saturated carbocycles. The number of methoxy groups -OCH3 is 1. The van der Waals surface area contributed by atoms with Crippen LogP contribution in [0.4, 0.5) is 0 Å².